The first-order valence-corrected chi connectivity index (χ1v) is 7.66. The highest BCUT2D eigenvalue weighted by Crippen LogP contribution is 2.54. The molecular weight excluding hydrogens is 264 g/mol. The summed E-state index contributed by atoms with van der Waals surface area (Å²) in [5.74, 6) is 0.345. The van der Waals surface area contributed by atoms with Crippen molar-refractivity contribution in [2.45, 2.75) is 57.5 Å². The van der Waals surface area contributed by atoms with E-state index in [0.29, 0.717) is 18.8 Å². The molecule has 1 aromatic rings. The summed E-state index contributed by atoms with van der Waals surface area (Å²) in [6.45, 7) is 8.27. The first-order chi connectivity index (χ1) is 9.75. The quantitative estimate of drug-likeness (QED) is 0.864. The average molecular weight is 290 g/mol. The fourth-order valence-corrected chi connectivity index (χ4v) is 3.25. The Balaban J connectivity index is 2.33. The monoisotopic (exact) mass is 290 g/mol. The Morgan fingerprint density at radius 3 is 2.05 bits per heavy atom. The van der Waals surface area contributed by atoms with Gasteiger partial charge in [-0.2, -0.15) is 0 Å². The van der Waals surface area contributed by atoms with E-state index in [-0.39, 0.29) is 11.9 Å². The van der Waals surface area contributed by atoms with Crippen LogP contribution < -0.4 is 0 Å². The van der Waals surface area contributed by atoms with Gasteiger partial charge in [0, 0.05) is 0 Å². The Labute approximate surface area is 127 Å². The van der Waals surface area contributed by atoms with E-state index in [9.17, 15) is 9.90 Å². The highest BCUT2D eigenvalue weighted by Gasteiger charge is 2.61. The molecule has 2 rings (SSSR count). The maximum absolute atomic E-state index is 12.3. The summed E-state index contributed by atoms with van der Waals surface area (Å²) in [6.07, 6.45) is 0.872. The summed E-state index contributed by atoms with van der Waals surface area (Å²) in [7, 11) is 1.42. The lowest BCUT2D eigenvalue weighted by atomic mass is 9.53. The van der Waals surface area contributed by atoms with Gasteiger partial charge in [0.05, 0.1) is 18.1 Å². The zero-order valence-corrected chi connectivity index (χ0v) is 13.6. The molecule has 0 aliphatic heterocycles. The van der Waals surface area contributed by atoms with Crippen LogP contribution in [0.4, 0.5) is 0 Å². The Bertz CT molecular complexity index is 508. The third-order valence-corrected chi connectivity index (χ3v) is 5.00. The van der Waals surface area contributed by atoms with Crippen molar-refractivity contribution < 1.29 is 14.6 Å². The Morgan fingerprint density at radius 2 is 1.67 bits per heavy atom. The van der Waals surface area contributed by atoms with Gasteiger partial charge in [0.1, 0.15) is 0 Å². The minimum Gasteiger partial charge on any atom is -0.468 e. The summed E-state index contributed by atoms with van der Waals surface area (Å²) in [5.41, 5.74) is 0.732. The van der Waals surface area contributed by atoms with Gasteiger partial charge >= 0.3 is 5.97 Å². The number of benzene rings is 1. The normalized spacial score (nSPS) is 28.6. The second-order valence-electron chi connectivity index (χ2n) is 6.96. The van der Waals surface area contributed by atoms with Crippen molar-refractivity contribution in [3.05, 3.63) is 35.4 Å². The molecule has 0 unspecified atom stereocenters. The molecule has 3 heteroatoms. The molecule has 0 spiro atoms. The third-order valence-electron chi connectivity index (χ3n) is 5.00. The van der Waals surface area contributed by atoms with Gasteiger partial charge in [-0.25, -0.2) is 0 Å². The van der Waals surface area contributed by atoms with Crippen LogP contribution in [0.5, 0.6) is 0 Å². The van der Waals surface area contributed by atoms with E-state index < -0.39 is 11.0 Å². The molecule has 1 fully saturated rings. The molecule has 0 aromatic heterocycles. The standard InChI is InChI=1S/C18H26O3/c1-12(2)14-6-8-15(9-7-14)17(16(19)21-5)10-18(20,11-17)13(3)4/h6-9,12-13,20H,10-11H2,1-5H3. The topological polar surface area (TPSA) is 46.5 Å². The smallest absolute Gasteiger partial charge is 0.316 e. The van der Waals surface area contributed by atoms with E-state index in [1.54, 1.807) is 0 Å². The van der Waals surface area contributed by atoms with E-state index in [0.717, 1.165) is 5.56 Å². The zero-order valence-electron chi connectivity index (χ0n) is 13.6. The number of carbonyl (C=O) groups is 1. The van der Waals surface area contributed by atoms with Gasteiger partial charge in [-0.3, -0.25) is 4.79 Å². The SMILES string of the molecule is COC(=O)C1(c2ccc(C(C)C)cc2)CC(O)(C(C)C)C1. The summed E-state index contributed by atoms with van der Waals surface area (Å²) < 4.78 is 5.01. The first-order valence-electron chi connectivity index (χ1n) is 7.66. The molecule has 1 aliphatic rings. The molecule has 0 heterocycles. The van der Waals surface area contributed by atoms with Crippen molar-refractivity contribution in [2.24, 2.45) is 5.92 Å². The minimum atomic E-state index is -0.773. The maximum Gasteiger partial charge on any atom is 0.316 e. The number of esters is 1. The predicted octanol–water partition coefficient (Wildman–Crippen LogP) is 3.40. The van der Waals surface area contributed by atoms with E-state index in [4.69, 9.17) is 4.74 Å². The van der Waals surface area contributed by atoms with Crippen molar-refractivity contribution in [3.8, 4) is 0 Å². The van der Waals surface area contributed by atoms with Gasteiger partial charge in [-0.1, -0.05) is 52.0 Å². The molecule has 116 valence electrons. The average Bonchev–Trinajstić information content (AvgIpc) is 2.42. The van der Waals surface area contributed by atoms with Crippen LogP contribution in [0.25, 0.3) is 0 Å². The highest BCUT2D eigenvalue weighted by atomic mass is 16.5. The van der Waals surface area contributed by atoms with Crippen LogP contribution >= 0.6 is 0 Å². The summed E-state index contributed by atoms with van der Waals surface area (Å²) in [6, 6.07) is 8.15. The summed E-state index contributed by atoms with van der Waals surface area (Å²) >= 11 is 0. The lowest BCUT2D eigenvalue weighted by Gasteiger charge is -2.53. The summed E-state index contributed by atoms with van der Waals surface area (Å²) in [5, 5.41) is 10.6. The van der Waals surface area contributed by atoms with Crippen LogP contribution in [-0.2, 0) is 14.9 Å². The second-order valence-corrected chi connectivity index (χ2v) is 6.96. The van der Waals surface area contributed by atoms with Crippen LogP contribution in [0.1, 0.15) is 57.6 Å². The van der Waals surface area contributed by atoms with Crippen molar-refractivity contribution in [1.29, 1.82) is 0 Å². The Hall–Kier alpha value is -1.35. The largest absolute Gasteiger partial charge is 0.468 e. The molecule has 1 saturated carbocycles. The highest BCUT2D eigenvalue weighted by molar-refractivity contribution is 5.85. The lowest BCUT2D eigenvalue weighted by Crippen LogP contribution is -2.61. The molecule has 0 amide bonds. The molecule has 3 nitrogen and oxygen atoms in total. The Morgan fingerprint density at radius 1 is 1.14 bits per heavy atom. The van der Waals surface area contributed by atoms with Gasteiger partial charge in [0.25, 0.3) is 0 Å². The van der Waals surface area contributed by atoms with E-state index in [2.05, 4.69) is 26.0 Å². The number of aliphatic hydroxyl groups is 1. The summed E-state index contributed by atoms with van der Waals surface area (Å²) in [4.78, 5) is 12.3. The van der Waals surface area contributed by atoms with Gasteiger partial charge in [0.2, 0.25) is 0 Å². The lowest BCUT2D eigenvalue weighted by molar-refractivity contribution is -0.175. The van der Waals surface area contributed by atoms with Gasteiger partial charge < -0.3 is 9.84 Å². The molecule has 0 saturated heterocycles. The number of rotatable bonds is 4. The number of methoxy groups -OCH3 is 1. The fourth-order valence-electron chi connectivity index (χ4n) is 3.25. The van der Waals surface area contributed by atoms with Crippen molar-refractivity contribution in [3.63, 3.8) is 0 Å². The second kappa shape index (κ2) is 5.45. The van der Waals surface area contributed by atoms with Crippen molar-refractivity contribution >= 4 is 5.97 Å². The molecular formula is C18H26O3. The van der Waals surface area contributed by atoms with Crippen LogP contribution in [0.2, 0.25) is 0 Å². The molecule has 1 aromatic carbocycles. The maximum atomic E-state index is 12.3. The van der Waals surface area contributed by atoms with E-state index in [1.807, 2.05) is 26.0 Å². The van der Waals surface area contributed by atoms with Gasteiger partial charge in [0.15, 0.2) is 0 Å². The van der Waals surface area contributed by atoms with Crippen molar-refractivity contribution in [2.75, 3.05) is 7.11 Å². The number of ether oxygens (including phenoxy) is 1. The number of carbonyl (C=O) groups excluding carboxylic acids is 1. The van der Waals surface area contributed by atoms with Crippen LogP contribution in [0.15, 0.2) is 24.3 Å². The first kappa shape index (κ1) is 16.0. The third kappa shape index (κ3) is 2.59. The van der Waals surface area contributed by atoms with Gasteiger partial charge in [-0.15, -0.1) is 0 Å². The van der Waals surface area contributed by atoms with Crippen LogP contribution in [-0.4, -0.2) is 23.8 Å². The number of hydrogen-bond acceptors (Lipinski definition) is 3. The fraction of sp³-hybridized carbons (Fsp3) is 0.611. The minimum absolute atomic E-state index is 0.130. The molecule has 0 bridgehead atoms. The van der Waals surface area contributed by atoms with Crippen LogP contribution in [0, 0.1) is 5.92 Å². The zero-order chi connectivity index (χ0) is 15.8. The molecule has 1 aliphatic carbocycles. The van der Waals surface area contributed by atoms with Gasteiger partial charge in [-0.05, 0) is 35.8 Å². The molecule has 0 radical (unpaired) electrons. The molecule has 1 N–H and O–H groups in total. The Kier molecular flexibility index (Phi) is 4.16. The van der Waals surface area contributed by atoms with Crippen molar-refractivity contribution in [1.82, 2.24) is 0 Å². The van der Waals surface area contributed by atoms with E-state index in [1.165, 1.54) is 12.7 Å². The molecule has 0 atom stereocenters. The van der Waals surface area contributed by atoms with E-state index >= 15 is 0 Å². The number of hydrogen-bond donors (Lipinski definition) is 1. The molecule has 21 heavy (non-hydrogen) atoms. The van der Waals surface area contributed by atoms with Crippen LogP contribution in [0.3, 0.4) is 0 Å². The predicted molar refractivity (Wildman–Crippen MR) is 83.2 cm³/mol.